The van der Waals surface area contributed by atoms with Gasteiger partial charge in [0, 0.05) is 5.02 Å². The highest BCUT2D eigenvalue weighted by atomic mass is 35.5. The van der Waals surface area contributed by atoms with E-state index in [1.54, 1.807) is 0 Å². The fourth-order valence-corrected chi connectivity index (χ4v) is 3.51. The van der Waals surface area contributed by atoms with Gasteiger partial charge in [0.15, 0.2) is 0 Å². The first-order valence-corrected chi connectivity index (χ1v) is 8.12. The summed E-state index contributed by atoms with van der Waals surface area (Å²) in [5, 5.41) is 4.42. The Hall–Kier alpha value is -0.530. The fourth-order valence-electron chi connectivity index (χ4n) is 3.30. The summed E-state index contributed by atoms with van der Waals surface area (Å²) in [5.41, 5.74) is 1.40. The van der Waals surface area contributed by atoms with Gasteiger partial charge in [-0.3, -0.25) is 0 Å². The van der Waals surface area contributed by atoms with Gasteiger partial charge in [-0.2, -0.15) is 0 Å². The Kier molecular flexibility index (Phi) is 6.19. The van der Waals surface area contributed by atoms with Crippen molar-refractivity contribution in [3.8, 4) is 0 Å². The molecular formula is C17H26ClN. The number of rotatable bonds is 5. The second kappa shape index (κ2) is 7.91. The number of benzene rings is 1. The van der Waals surface area contributed by atoms with Gasteiger partial charge in [0.2, 0.25) is 0 Å². The van der Waals surface area contributed by atoms with Crippen molar-refractivity contribution in [2.24, 2.45) is 11.8 Å². The predicted octanol–water partition coefficient (Wildman–Crippen LogP) is 4.69. The first kappa shape index (κ1) is 14.9. The lowest BCUT2D eigenvalue weighted by Gasteiger charge is -2.25. The lowest BCUT2D eigenvalue weighted by Crippen LogP contribution is -2.28. The summed E-state index contributed by atoms with van der Waals surface area (Å²) in [6.07, 6.45) is 8.17. The van der Waals surface area contributed by atoms with Crippen molar-refractivity contribution < 1.29 is 0 Å². The highest BCUT2D eigenvalue weighted by Crippen LogP contribution is 2.31. The van der Waals surface area contributed by atoms with Crippen LogP contribution in [0.25, 0.3) is 0 Å². The molecule has 2 atom stereocenters. The third-order valence-electron chi connectivity index (χ3n) is 4.36. The maximum Gasteiger partial charge on any atom is 0.0408 e. The Balaban J connectivity index is 2.00. The maximum absolute atomic E-state index is 6.10. The highest BCUT2D eigenvalue weighted by Gasteiger charge is 2.23. The van der Waals surface area contributed by atoms with Crippen molar-refractivity contribution in [3.05, 3.63) is 34.9 Å². The summed E-state index contributed by atoms with van der Waals surface area (Å²) in [6, 6.07) is 8.40. The zero-order valence-electron chi connectivity index (χ0n) is 12.0. The van der Waals surface area contributed by atoms with Crippen LogP contribution in [0.5, 0.6) is 0 Å². The van der Waals surface area contributed by atoms with Crippen LogP contribution in [0.15, 0.2) is 24.3 Å². The van der Waals surface area contributed by atoms with Gasteiger partial charge < -0.3 is 5.32 Å². The molecule has 19 heavy (non-hydrogen) atoms. The smallest absolute Gasteiger partial charge is 0.0408 e. The van der Waals surface area contributed by atoms with Crippen molar-refractivity contribution in [1.29, 1.82) is 0 Å². The Morgan fingerprint density at radius 3 is 2.68 bits per heavy atom. The molecule has 1 aliphatic rings. The van der Waals surface area contributed by atoms with Crippen LogP contribution < -0.4 is 5.32 Å². The summed E-state index contributed by atoms with van der Waals surface area (Å²) in [4.78, 5) is 0. The molecule has 2 rings (SSSR count). The van der Waals surface area contributed by atoms with E-state index in [1.165, 1.54) is 50.6 Å². The number of nitrogens with one attached hydrogen (secondary N) is 1. The summed E-state index contributed by atoms with van der Waals surface area (Å²) in [5.74, 6) is 1.65. The van der Waals surface area contributed by atoms with Crippen molar-refractivity contribution in [1.82, 2.24) is 5.32 Å². The molecule has 1 aliphatic carbocycles. The standard InChI is InChI=1S/C17H26ClN/c1-2-19-13-16-9-5-3-4-8-15(16)11-14-7-6-10-17(18)12-14/h6-7,10,12,15-16,19H,2-5,8-9,11,13H2,1H3. The molecule has 2 unspecified atom stereocenters. The molecule has 0 amide bonds. The van der Waals surface area contributed by atoms with E-state index in [0.29, 0.717) is 0 Å². The third-order valence-corrected chi connectivity index (χ3v) is 4.60. The lowest BCUT2D eigenvalue weighted by molar-refractivity contribution is 0.299. The third kappa shape index (κ3) is 4.81. The lowest BCUT2D eigenvalue weighted by atomic mass is 9.83. The van der Waals surface area contributed by atoms with Crippen LogP contribution in [0.3, 0.4) is 0 Å². The van der Waals surface area contributed by atoms with Crippen LogP contribution in [0.2, 0.25) is 5.02 Å². The van der Waals surface area contributed by atoms with Gasteiger partial charge in [-0.25, -0.2) is 0 Å². The summed E-state index contributed by atoms with van der Waals surface area (Å²) in [7, 11) is 0. The number of hydrogen-bond acceptors (Lipinski definition) is 1. The minimum Gasteiger partial charge on any atom is -0.317 e. The fraction of sp³-hybridized carbons (Fsp3) is 0.647. The van der Waals surface area contributed by atoms with Gasteiger partial charge in [-0.15, -0.1) is 0 Å². The summed E-state index contributed by atoms with van der Waals surface area (Å²) < 4.78 is 0. The molecule has 0 saturated heterocycles. The molecule has 0 aromatic heterocycles. The number of hydrogen-bond donors (Lipinski definition) is 1. The van der Waals surface area contributed by atoms with Crippen LogP contribution in [0, 0.1) is 11.8 Å². The van der Waals surface area contributed by atoms with Gasteiger partial charge in [0.05, 0.1) is 0 Å². The molecule has 1 aromatic carbocycles. The second-order valence-corrected chi connectivity index (χ2v) is 6.24. The molecule has 2 heteroatoms. The van der Waals surface area contributed by atoms with Gasteiger partial charge in [-0.1, -0.05) is 49.9 Å². The molecular weight excluding hydrogens is 254 g/mol. The SMILES string of the molecule is CCNCC1CCCCCC1Cc1cccc(Cl)c1. The molecule has 1 N–H and O–H groups in total. The molecule has 1 fully saturated rings. The molecule has 0 heterocycles. The van der Waals surface area contributed by atoms with Gasteiger partial charge in [0.1, 0.15) is 0 Å². The highest BCUT2D eigenvalue weighted by molar-refractivity contribution is 6.30. The molecule has 1 aromatic rings. The minimum atomic E-state index is 0.819. The van der Waals surface area contributed by atoms with E-state index < -0.39 is 0 Å². The van der Waals surface area contributed by atoms with Crippen LogP contribution >= 0.6 is 11.6 Å². The Labute approximate surface area is 122 Å². The quantitative estimate of drug-likeness (QED) is 0.771. The van der Waals surface area contributed by atoms with Gasteiger partial charge in [-0.05, 0) is 61.9 Å². The molecule has 1 nitrogen and oxygen atoms in total. The Bertz CT molecular complexity index is 377. The summed E-state index contributed by atoms with van der Waals surface area (Å²) >= 11 is 6.10. The van der Waals surface area contributed by atoms with E-state index in [-0.39, 0.29) is 0 Å². The van der Waals surface area contributed by atoms with Crippen LogP contribution in [-0.2, 0) is 6.42 Å². The monoisotopic (exact) mass is 279 g/mol. The van der Waals surface area contributed by atoms with Crippen LogP contribution in [0.1, 0.15) is 44.6 Å². The van der Waals surface area contributed by atoms with Crippen molar-refractivity contribution in [2.45, 2.75) is 45.4 Å². The minimum absolute atomic E-state index is 0.819. The van der Waals surface area contributed by atoms with E-state index in [2.05, 4.69) is 30.4 Å². The van der Waals surface area contributed by atoms with Crippen LogP contribution in [0.4, 0.5) is 0 Å². The Morgan fingerprint density at radius 1 is 1.16 bits per heavy atom. The van der Waals surface area contributed by atoms with E-state index >= 15 is 0 Å². The average Bonchev–Trinajstić information content (AvgIpc) is 2.62. The van der Waals surface area contributed by atoms with Crippen molar-refractivity contribution >= 4 is 11.6 Å². The Morgan fingerprint density at radius 2 is 1.95 bits per heavy atom. The van der Waals surface area contributed by atoms with E-state index in [4.69, 9.17) is 11.6 Å². The summed E-state index contributed by atoms with van der Waals surface area (Å²) in [6.45, 7) is 4.46. The van der Waals surface area contributed by atoms with Crippen LogP contribution in [-0.4, -0.2) is 13.1 Å². The first-order chi connectivity index (χ1) is 9.29. The topological polar surface area (TPSA) is 12.0 Å². The average molecular weight is 280 g/mol. The molecule has 0 aliphatic heterocycles. The molecule has 0 radical (unpaired) electrons. The van der Waals surface area contributed by atoms with Gasteiger partial charge in [0.25, 0.3) is 0 Å². The van der Waals surface area contributed by atoms with Gasteiger partial charge >= 0.3 is 0 Å². The molecule has 106 valence electrons. The van der Waals surface area contributed by atoms with Crippen molar-refractivity contribution in [2.75, 3.05) is 13.1 Å². The molecule has 0 spiro atoms. The van der Waals surface area contributed by atoms with E-state index in [1.807, 2.05) is 6.07 Å². The zero-order chi connectivity index (χ0) is 13.5. The zero-order valence-corrected chi connectivity index (χ0v) is 12.8. The van der Waals surface area contributed by atoms with E-state index in [0.717, 1.165) is 23.4 Å². The maximum atomic E-state index is 6.10. The molecule has 1 saturated carbocycles. The number of halogens is 1. The normalized spacial score (nSPS) is 24.1. The first-order valence-electron chi connectivity index (χ1n) is 7.74. The van der Waals surface area contributed by atoms with E-state index in [9.17, 15) is 0 Å². The molecule has 0 bridgehead atoms. The predicted molar refractivity (Wildman–Crippen MR) is 83.8 cm³/mol. The largest absolute Gasteiger partial charge is 0.317 e. The second-order valence-electron chi connectivity index (χ2n) is 5.80. The van der Waals surface area contributed by atoms with Crippen molar-refractivity contribution in [3.63, 3.8) is 0 Å².